The second-order valence-corrected chi connectivity index (χ2v) is 7.35. The molecule has 1 fully saturated rings. The summed E-state index contributed by atoms with van der Waals surface area (Å²) in [6.07, 6.45) is 10.5. The second kappa shape index (κ2) is 8.20. The Bertz CT molecular complexity index is 813. The molecule has 0 atom stereocenters. The number of carbonyl (C=O) groups is 2. The number of hydrogen-bond donors (Lipinski definition) is 1. The maximum atomic E-state index is 12.7. The van der Waals surface area contributed by atoms with Crippen molar-refractivity contribution in [2.75, 3.05) is 6.61 Å². The third-order valence-electron chi connectivity index (χ3n) is 4.63. The van der Waals surface area contributed by atoms with E-state index in [-0.39, 0.29) is 18.3 Å². The van der Waals surface area contributed by atoms with Crippen molar-refractivity contribution < 1.29 is 14.3 Å². The first-order valence-corrected chi connectivity index (χ1v) is 9.60. The zero-order valence-corrected chi connectivity index (χ0v) is 15.3. The number of hydrogen-bond acceptors (Lipinski definition) is 4. The summed E-state index contributed by atoms with van der Waals surface area (Å²) < 4.78 is 5.62. The van der Waals surface area contributed by atoms with Gasteiger partial charge in [0.1, 0.15) is 16.2 Å². The lowest BCUT2D eigenvalue weighted by atomic mass is 9.82. The fourth-order valence-electron chi connectivity index (χ4n) is 3.16. The molecule has 1 aromatic heterocycles. The largest absolute Gasteiger partial charge is 0.484 e. The lowest BCUT2D eigenvalue weighted by Gasteiger charge is -2.33. The lowest BCUT2D eigenvalue weighted by molar-refractivity contribution is 0.0884. The van der Waals surface area contributed by atoms with Crippen molar-refractivity contribution in [2.45, 2.75) is 37.6 Å². The van der Waals surface area contributed by atoms with Gasteiger partial charge in [0.15, 0.2) is 12.4 Å². The number of ketones is 1. The summed E-state index contributed by atoms with van der Waals surface area (Å²) in [6.45, 7) is -0.110. The molecule has 5 heteroatoms. The molecule has 3 rings (SSSR count). The minimum atomic E-state index is -0.573. The van der Waals surface area contributed by atoms with E-state index in [9.17, 15) is 9.59 Å². The highest BCUT2D eigenvalue weighted by atomic mass is 32.1. The van der Waals surface area contributed by atoms with Crippen LogP contribution in [0.4, 0.5) is 0 Å². The van der Waals surface area contributed by atoms with Crippen LogP contribution >= 0.6 is 11.3 Å². The molecule has 0 saturated heterocycles. The van der Waals surface area contributed by atoms with E-state index < -0.39 is 5.54 Å². The van der Waals surface area contributed by atoms with Gasteiger partial charge in [-0.05, 0) is 24.3 Å². The van der Waals surface area contributed by atoms with Crippen LogP contribution in [0.3, 0.4) is 0 Å². The lowest BCUT2D eigenvalue weighted by Crippen LogP contribution is -2.48. The van der Waals surface area contributed by atoms with Gasteiger partial charge in [-0.1, -0.05) is 55.5 Å². The van der Waals surface area contributed by atoms with E-state index in [2.05, 4.69) is 11.2 Å². The highest BCUT2D eigenvalue weighted by Gasteiger charge is 2.32. The fraction of sp³-hybridized carbons (Fsp3) is 0.333. The topological polar surface area (TPSA) is 55.4 Å². The Hall–Kier alpha value is -2.58. The Morgan fingerprint density at radius 3 is 2.58 bits per heavy atom. The van der Waals surface area contributed by atoms with Crippen molar-refractivity contribution >= 4 is 23.0 Å². The first kappa shape index (κ1) is 18.2. The van der Waals surface area contributed by atoms with Gasteiger partial charge in [0.25, 0.3) is 5.91 Å². The van der Waals surface area contributed by atoms with E-state index in [0.717, 1.165) is 32.1 Å². The molecular weight excluding hydrogens is 346 g/mol. The van der Waals surface area contributed by atoms with E-state index in [1.165, 1.54) is 11.3 Å². The number of benzene rings is 1. The smallest absolute Gasteiger partial charge is 0.266 e. The molecule has 0 unspecified atom stereocenters. The molecule has 1 amide bonds. The molecule has 0 radical (unpaired) electrons. The number of amides is 1. The van der Waals surface area contributed by atoms with Crippen molar-refractivity contribution in [1.29, 1.82) is 0 Å². The van der Waals surface area contributed by atoms with Crippen LogP contribution in [0.25, 0.3) is 0 Å². The van der Waals surface area contributed by atoms with E-state index in [1.54, 1.807) is 35.7 Å². The molecule has 26 heavy (non-hydrogen) atoms. The fourth-order valence-corrected chi connectivity index (χ4v) is 3.89. The molecule has 1 aromatic carbocycles. The van der Waals surface area contributed by atoms with Crippen molar-refractivity contribution in [1.82, 2.24) is 5.32 Å². The number of carbonyl (C=O) groups excluding carboxylic acids is 2. The normalized spacial score (nSPS) is 15.7. The average Bonchev–Trinajstić information content (AvgIpc) is 3.16. The maximum absolute atomic E-state index is 12.7. The molecule has 1 aliphatic rings. The molecule has 1 saturated carbocycles. The van der Waals surface area contributed by atoms with Crippen LogP contribution in [0.15, 0.2) is 41.8 Å². The van der Waals surface area contributed by atoms with Gasteiger partial charge >= 0.3 is 0 Å². The highest BCUT2D eigenvalue weighted by molar-refractivity contribution is 7.12. The minimum Gasteiger partial charge on any atom is -0.484 e. The van der Waals surface area contributed by atoms with Crippen molar-refractivity contribution in [3.63, 3.8) is 0 Å². The number of thiophene rings is 1. The number of nitrogens with one attached hydrogen (secondary N) is 1. The Morgan fingerprint density at radius 1 is 1.15 bits per heavy atom. The Morgan fingerprint density at radius 2 is 1.88 bits per heavy atom. The number of ether oxygens (including phenoxy) is 1. The van der Waals surface area contributed by atoms with Crippen LogP contribution < -0.4 is 10.1 Å². The summed E-state index contributed by atoms with van der Waals surface area (Å²) in [6, 6.07) is 10.7. The average molecular weight is 367 g/mol. The Balaban J connectivity index is 1.65. The molecule has 0 aliphatic heterocycles. The number of rotatable bonds is 6. The van der Waals surface area contributed by atoms with Crippen molar-refractivity contribution in [3.8, 4) is 18.1 Å². The summed E-state index contributed by atoms with van der Waals surface area (Å²) in [5.41, 5.74) is 0.0124. The monoisotopic (exact) mass is 367 g/mol. The van der Waals surface area contributed by atoms with Crippen LogP contribution in [0, 0.1) is 12.3 Å². The van der Waals surface area contributed by atoms with Gasteiger partial charge in [0.2, 0.25) is 0 Å². The third kappa shape index (κ3) is 4.14. The first-order chi connectivity index (χ1) is 12.6. The zero-order valence-electron chi connectivity index (χ0n) is 14.5. The van der Waals surface area contributed by atoms with Gasteiger partial charge in [0, 0.05) is 5.56 Å². The Kier molecular flexibility index (Phi) is 5.75. The predicted octanol–water partition coefficient (Wildman–Crippen LogP) is 4.08. The SMILES string of the molecule is C#CC1(NC(=O)c2sccc2OCC(=O)c2ccccc2)CCCCC1. The van der Waals surface area contributed by atoms with E-state index in [4.69, 9.17) is 11.2 Å². The summed E-state index contributed by atoms with van der Waals surface area (Å²) in [4.78, 5) is 25.3. The van der Waals surface area contributed by atoms with Gasteiger partial charge in [-0.15, -0.1) is 17.8 Å². The quantitative estimate of drug-likeness (QED) is 0.618. The summed E-state index contributed by atoms with van der Waals surface area (Å²) >= 11 is 1.29. The summed E-state index contributed by atoms with van der Waals surface area (Å²) in [5.74, 6) is 2.83. The molecular formula is C21H21NO3S. The molecule has 2 aromatic rings. The number of terminal acetylenes is 1. The van der Waals surface area contributed by atoms with Gasteiger partial charge in [-0.25, -0.2) is 0 Å². The van der Waals surface area contributed by atoms with Crippen LogP contribution in [0.2, 0.25) is 0 Å². The second-order valence-electron chi connectivity index (χ2n) is 6.43. The molecule has 1 N–H and O–H groups in total. The molecule has 0 bridgehead atoms. The van der Waals surface area contributed by atoms with Crippen LogP contribution in [0.5, 0.6) is 5.75 Å². The van der Waals surface area contributed by atoms with E-state index >= 15 is 0 Å². The van der Waals surface area contributed by atoms with Gasteiger partial charge in [-0.3, -0.25) is 9.59 Å². The molecule has 1 heterocycles. The minimum absolute atomic E-state index is 0.110. The molecule has 1 aliphatic carbocycles. The van der Waals surface area contributed by atoms with Crippen molar-refractivity contribution in [3.05, 3.63) is 52.2 Å². The van der Waals surface area contributed by atoms with Gasteiger partial charge in [-0.2, -0.15) is 0 Å². The summed E-state index contributed by atoms with van der Waals surface area (Å²) in [5, 5.41) is 4.79. The van der Waals surface area contributed by atoms with Crippen molar-refractivity contribution in [2.24, 2.45) is 0 Å². The van der Waals surface area contributed by atoms with Crippen LogP contribution in [0.1, 0.15) is 52.1 Å². The standard InChI is InChI=1S/C21H21NO3S/c1-2-21(12-7-4-8-13-21)22-20(24)19-18(11-14-26-19)25-15-17(23)16-9-5-3-6-10-16/h1,3,5-6,9-11,14H,4,7-8,12-13,15H2,(H,22,24). The third-order valence-corrected chi connectivity index (χ3v) is 5.52. The first-order valence-electron chi connectivity index (χ1n) is 8.72. The van der Waals surface area contributed by atoms with Crippen LogP contribution in [-0.4, -0.2) is 23.8 Å². The van der Waals surface area contributed by atoms with Gasteiger partial charge < -0.3 is 10.1 Å². The predicted molar refractivity (Wildman–Crippen MR) is 103 cm³/mol. The molecule has 0 spiro atoms. The summed E-state index contributed by atoms with van der Waals surface area (Å²) in [7, 11) is 0. The Labute approximate surface area is 157 Å². The number of Topliss-reactive ketones (excluding diaryl/α,β-unsaturated/α-hetero) is 1. The van der Waals surface area contributed by atoms with E-state index in [0.29, 0.717) is 16.2 Å². The highest BCUT2D eigenvalue weighted by Crippen LogP contribution is 2.30. The molecule has 4 nitrogen and oxygen atoms in total. The maximum Gasteiger partial charge on any atom is 0.266 e. The van der Waals surface area contributed by atoms with Gasteiger partial charge in [0.05, 0.1) is 0 Å². The van der Waals surface area contributed by atoms with E-state index in [1.807, 2.05) is 6.07 Å². The zero-order chi connectivity index (χ0) is 18.4. The van der Waals surface area contributed by atoms with Crippen LogP contribution in [-0.2, 0) is 0 Å². The molecule has 134 valence electrons.